The summed E-state index contributed by atoms with van der Waals surface area (Å²) in [6.07, 6.45) is 1.63. The lowest BCUT2D eigenvalue weighted by Crippen LogP contribution is -2.09. The van der Waals surface area contributed by atoms with Gasteiger partial charge in [0.15, 0.2) is 0 Å². The fourth-order valence-electron chi connectivity index (χ4n) is 7.35. The minimum absolute atomic E-state index is 0.597. The summed E-state index contributed by atoms with van der Waals surface area (Å²) in [5, 5.41) is 0. The highest BCUT2D eigenvalue weighted by atomic mass is 16.5. The Balaban J connectivity index is 0.999. The second-order valence-electron chi connectivity index (χ2n) is 14.9. The van der Waals surface area contributed by atoms with Crippen LogP contribution in [0.25, 0.3) is 33.4 Å². The van der Waals surface area contributed by atoms with Crippen LogP contribution in [0.2, 0.25) is 0 Å². The van der Waals surface area contributed by atoms with E-state index in [9.17, 15) is 9.59 Å². The maximum Gasteiger partial charge on any atom is 0.150 e. The van der Waals surface area contributed by atoms with Crippen molar-refractivity contribution in [3.63, 3.8) is 0 Å². The van der Waals surface area contributed by atoms with Crippen LogP contribution in [0.4, 0.5) is 17.1 Å². The third-order valence-corrected chi connectivity index (χ3v) is 10.7. The number of benzene rings is 9. The van der Waals surface area contributed by atoms with E-state index in [0.29, 0.717) is 34.1 Å². The number of rotatable bonds is 15. The van der Waals surface area contributed by atoms with E-state index in [1.165, 1.54) is 0 Å². The van der Waals surface area contributed by atoms with E-state index in [1.807, 2.05) is 78.9 Å². The maximum atomic E-state index is 11.1. The first-order valence-electron chi connectivity index (χ1n) is 20.7. The van der Waals surface area contributed by atoms with Crippen molar-refractivity contribution >= 4 is 29.6 Å². The van der Waals surface area contributed by atoms with E-state index in [-0.39, 0.29) is 0 Å². The summed E-state index contributed by atoms with van der Waals surface area (Å²) < 4.78 is 23.7. The average molecular weight is 836 g/mol. The Morgan fingerprint density at radius 1 is 0.312 bits per heavy atom. The molecule has 0 atom stereocenters. The van der Waals surface area contributed by atoms with Crippen LogP contribution in [-0.4, -0.2) is 19.7 Å². The third-order valence-electron chi connectivity index (χ3n) is 10.7. The second-order valence-corrected chi connectivity index (χ2v) is 14.9. The quantitative estimate of drug-likeness (QED) is 0.0952. The van der Waals surface area contributed by atoms with Gasteiger partial charge in [-0.1, -0.05) is 72.8 Å². The Morgan fingerprint density at radius 2 is 0.609 bits per heavy atom. The van der Waals surface area contributed by atoms with Crippen molar-refractivity contribution in [2.45, 2.75) is 0 Å². The SMILES string of the molecule is COc1ccc(Oc2cccc(-c3ccc(N(c4ccc(-c5cccc(Oc6ccc(C=O)cc6)c5)cc4)c4ccc(-c5cccc(Oc6ccc(C=O)cc6)c5)cc4)cc3)c2)cc1. The summed E-state index contributed by atoms with van der Waals surface area (Å²) in [5.74, 6) is 4.95. The van der Waals surface area contributed by atoms with Crippen molar-refractivity contribution < 1.29 is 28.5 Å². The molecule has 310 valence electrons. The molecule has 0 aliphatic rings. The highest BCUT2D eigenvalue weighted by molar-refractivity contribution is 5.82. The molecule has 0 fully saturated rings. The Bertz CT molecular complexity index is 2860. The van der Waals surface area contributed by atoms with Crippen molar-refractivity contribution in [3.8, 4) is 73.6 Å². The zero-order chi connectivity index (χ0) is 43.7. The molecule has 0 radical (unpaired) electrons. The molecule has 64 heavy (non-hydrogen) atoms. The fourth-order valence-corrected chi connectivity index (χ4v) is 7.35. The van der Waals surface area contributed by atoms with Gasteiger partial charge in [-0.3, -0.25) is 9.59 Å². The molecule has 0 spiro atoms. The van der Waals surface area contributed by atoms with Crippen molar-refractivity contribution in [2.24, 2.45) is 0 Å². The van der Waals surface area contributed by atoms with Gasteiger partial charge in [-0.2, -0.15) is 0 Å². The molecule has 9 aromatic rings. The number of nitrogens with zero attached hydrogens (tertiary/aromatic N) is 1. The highest BCUT2D eigenvalue weighted by Crippen LogP contribution is 2.39. The summed E-state index contributed by atoms with van der Waals surface area (Å²) in [7, 11) is 1.65. The molecule has 0 amide bonds. The number of ether oxygens (including phenoxy) is 4. The van der Waals surface area contributed by atoms with Gasteiger partial charge >= 0.3 is 0 Å². The summed E-state index contributed by atoms with van der Waals surface area (Å²) in [6, 6.07) is 71.2. The van der Waals surface area contributed by atoms with Gasteiger partial charge in [0.05, 0.1) is 7.11 Å². The van der Waals surface area contributed by atoms with Crippen LogP contribution < -0.4 is 23.8 Å². The zero-order valence-electron chi connectivity index (χ0n) is 34.8. The Morgan fingerprint density at radius 3 is 0.906 bits per heavy atom. The molecule has 0 heterocycles. The van der Waals surface area contributed by atoms with E-state index >= 15 is 0 Å². The van der Waals surface area contributed by atoms with Gasteiger partial charge < -0.3 is 23.8 Å². The van der Waals surface area contributed by atoms with Crippen LogP contribution in [0, 0.1) is 0 Å². The monoisotopic (exact) mass is 835 g/mol. The van der Waals surface area contributed by atoms with E-state index in [1.54, 1.807) is 55.6 Å². The highest BCUT2D eigenvalue weighted by Gasteiger charge is 2.15. The first-order chi connectivity index (χ1) is 31.5. The number of carbonyl (C=O) groups is 2. The minimum atomic E-state index is 0.597. The predicted octanol–water partition coefficient (Wildman–Crippen LogP) is 15.2. The Kier molecular flexibility index (Phi) is 12.0. The predicted molar refractivity (Wildman–Crippen MR) is 254 cm³/mol. The summed E-state index contributed by atoms with van der Waals surface area (Å²) in [4.78, 5) is 24.5. The molecule has 0 aliphatic heterocycles. The van der Waals surface area contributed by atoms with E-state index in [4.69, 9.17) is 18.9 Å². The van der Waals surface area contributed by atoms with Crippen LogP contribution in [0.1, 0.15) is 20.7 Å². The van der Waals surface area contributed by atoms with Gasteiger partial charge in [0.25, 0.3) is 0 Å². The molecular weight excluding hydrogens is 795 g/mol. The molecule has 0 N–H and O–H groups in total. The smallest absolute Gasteiger partial charge is 0.150 e. The Labute approximate surface area is 372 Å². The lowest BCUT2D eigenvalue weighted by Gasteiger charge is -2.26. The van der Waals surface area contributed by atoms with Gasteiger partial charge in [-0.15, -0.1) is 0 Å². The van der Waals surface area contributed by atoms with Crippen molar-refractivity contribution in [2.75, 3.05) is 12.0 Å². The normalized spacial score (nSPS) is 10.7. The molecule has 7 nitrogen and oxygen atoms in total. The summed E-state index contributed by atoms with van der Waals surface area (Å²) in [6.45, 7) is 0. The van der Waals surface area contributed by atoms with Crippen LogP contribution in [0.3, 0.4) is 0 Å². The third kappa shape index (κ3) is 9.60. The molecule has 0 aromatic heterocycles. The fraction of sp³-hybridized carbons (Fsp3) is 0.0175. The Hall–Kier alpha value is -8.68. The lowest BCUT2D eigenvalue weighted by molar-refractivity contribution is 0.111. The van der Waals surface area contributed by atoms with Crippen LogP contribution in [-0.2, 0) is 0 Å². The van der Waals surface area contributed by atoms with Gasteiger partial charge in [0.2, 0.25) is 0 Å². The largest absolute Gasteiger partial charge is 0.497 e. The van der Waals surface area contributed by atoms with Crippen LogP contribution in [0.15, 0.2) is 218 Å². The number of hydrogen-bond donors (Lipinski definition) is 0. The molecule has 0 bridgehead atoms. The average Bonchev–Trinajstić information content (AvgIpc) is 3.36. The van der Waals surface area contributed by atoms with Gasteiger partial charge in [0.1, 0.15) is 52.8 Å². The second kappa shape index (κ2) is 18.9. The zero-order valence-corrected chi connectivity index (χ0v) is 34.8. The molecule has 7 heteroatoms. The standard InChI is InChI=1S/C57H41NO6/c1-61-51-31-33-54(34-32-51)64-57-10-4-7-47(37-57)44-19-25-50(26-20-44)58(48-21-15-42(16-22-48)45-5-2-8-55(35-45)62-52-27-11-40(38-59)12-28-52)49-23-17-43(18-24-49)46-6-3-9-56(36-46)63-53-29-13-41(39-60)14-30-53/h2-39H,1H3. The molecule has 9 aromatic carbocycles. The molecular formula is C57H41NO6. The molecule has 9 rings (SSSR count). The van der Waals surface area contributed by atoms with Gasteiger partial charge in [0, 0.05) is 28.2 Å². The topological polar surface area (TPSA) is 74.3 Å². The van der Waals surface area contributed by atoms with E-state index in [0.717, 1.165) is 80.3 Å². The van der Waals surface area contributed by atoms with Crippen molar-refractivity contribution in [1.82, 2.24) is 0 Å². The molecule has 0 unspecified atom stereocenters. The molecule has 0 saturated heterocycles. The summed E-state index contributed by atoms with van der Waals surface area (Å²) >= 11 is 0. The maximum absolute atomic E-state index is 11.1. The van der Waals surface area contributed by atoms with E-state index < -0.39 is 0 Å². The van der Waals surface area contributed by atoms with E-state index in [2.05, 4.69) is 95.9 Å². The first kappa shape index (κ1) is 40.7. The number of methoxy groups -OCH3 is 1. The number of anilines is 3. The number of aldehydes is 2. The van der Waals surface area contributed by atoms with Crippen molar-refractivity contribution in [3.05, 3.63) is 230 Å². The van der Waals surface area contributed by atoms with Crippen LogP contribution in [0.5, 0.6) is 40.2 Å². The number of hydrogen-bond acceptors (Lipinski definition) is 7. The lowest BCUT2D eigenvalue weighted by atomic mass is 10.0. The summed E-state index contributed by atoms with van der Waals surface area (Å²) in [5.41, 5.74) is 10.3. The minimum Gasteiger partial charge on any atom is -0.497 e. The van der Waals surface area contributed by atoms with Gasteiger partial charge in [-0.05, 0) is 179 Å². The van der Waals surface area contributed by atoms with Crippen molar-refractivity contribution in [1.29, 1.82) is 0 Å². The number of carbonyl (C=O) groups excluding carboxylic acids is 2. The van der Waals surface area contributed by atoms with Crippen LogP contribution >= 0.6 is 0 Å². The molecule has 0 saturated carbocycles. The first-order valence-corrected chi connectivity index (χ1v) is 20.7. The van der Waals surface area contributed by atoms with Gasteiger partial charge in [-0.25, -0.2) is 0 Å². The molecule has 0 aliphatic carbocycles.